The molecule has 0 radical (unpaired) electrons. The van der Waals surface area contributed by atoms with Crippen LogP contribution in [-0.2, 0) is 17.9 Å². The molecule has 0 saturated heterocycles. The summed E-state index contributed by atoms with van der Waals surface area (Å²) in [7, 11) is 0. The largest absolute Gasteiger partial charge is 0.351 e. The molecule has 0 unspecified atom stereocenters. The predicted molar refractivity (Wildman–Crippen MR) is 86.0 cm³/mol. The van der Waals surface area contributed by atoms with Crippen LogP contribution in [0.15, 0.2) is 24.3 Å². The van der Waals surface area contributed by atoms with Crippen LogP contribution < -0.4 is 5.32 Å². The highest BCUT2D eigenvalue weighted by atomic mass is 16.1. The van der Waals surface area contributed by atoms with Crippen molar-refractivity contribution in [3.8, 4) is 0 Å². The molecule has 114 valence electrons. The number of para-hydroxylation sites is 2. The number of amides is 1. The Kier molecular flexibility index (Phi) is 6.25. The fourth-order valence-electron chi connectivity index (χ4n) is 2.69. The van der Waals surface area contributed by atoms with E-state index in [1.807, 2.05) is 18.2 Å². The highest BCUT2D eigenvalue weighted by Crippen LogP contribution is 2.17. The molecule has 1 amide bonds. The zero-order valence-electron chi connectivity index (χ0n) is 12.8. The summed E-state index contributed by atoms with van der Waals surface area (Å²) < 4.78 is 2.24. The summed E-state index contributed by atoms with van der Waals surface area (Å²) in [5.74, 6) is 0.942. The lowest BCUT2D eigenvalue weighted by molar-refractivity contribution is -0.109. The summed E-state index contributed by atoms with van der Waals surface area (Å²) in [4.78, 5) is 15.1. The molecule has 4 nitrogen and oxygen atoms in total. The van der Waals surface area contributed by atoms with Gasteiger partial charge in [-0.2, -0.15) is 0 Å². The highest BCUT2D eigenvalue weighted by Gasteiger charge is 2.09. The van der Waals surface area contributed by atoms with Gasteiger partial charge in [0.25, 0.3) is 0 Å². The van der Waals surface area contributed by atoms with Gasteiger partial charge in [-0.25, -0.2) is 4.98 Å². The van der Waals surface area contributed by atoms with Crippen molar-refractivity contribution >= 4 is 17.4 Å². The third-order valence-electron chi connectivity index (χ3n) is 3.81. The highest BCUT2D eigenvalue weighted by molar-refractivity contribution is 5.75. The zero-order valence-corrected chi connectivity index (χ0v) is 12.8. The second-order valence-corrected chi connectivity index (χ2v) is 5.43. The van der Waals surface area contributed by atoms with Crippen molar-refractivity contribution in [2.24, 2.45) is 0 Å². The van der Waals surface area contributed by atoms with E-state index in [9.17, 15) is 4.79 Å². The smallest absolute Gasteiger partial charge is 0.207 e. The average molecular weight is 287 g/mol. The molecule has 21 heavy (non-hydrogen) atoms. The normalized spacial score (nSPS) is 10.9. The number of carbonyl (C=O) groups is 1. The van der Waals surface area contributed by atoms with E-state index in [-0.39, 0.29) is 0 Å². The molecule has 0 saturated carbocycles. The van der Waals surface area contributed by atoms with E-state index in [0.717, 1.165) is 36.2 Å². The first-order chi connectivity index (χ1) is 10.4. The van der Waals surface area contributed by atoms with Crippen LogP contribution in [0.3, 0.4) is 0 Å². The van der Waals surface area contributed by atoms with E-state index in [1.54, 1.807) is 0 Å². The van der Waals surface area contributed by atoms with Gasteiger partial charge in [0.05, 0.1) is 17.6 Å². The van der Waals surface area contributed by atoms with E-state index >= 15 is 0 Å². The third kappa shape index (κ3) is 4.31. The van der Waals surface area contributed by atoms with Crippen molar-refractivity contribution in [1.29, 1.82) is 0 Å². The van der Waals surface area contributed by atoms with Gasteiger partial charge in [0.15, 0.2) is 0 Å². The number of unbranched alkanes of at least 4 members (excludes halogenated alkanes) is 5. The second kappa shape index (κ2) is 8.45. The minimum Gasteiger partial charge on any atom is -0.351 e. The van der Waals surface area contributed by atoms with E-state index in [0.29, 0.717) is 6.54 Å². The molecule has 1 aromatic heterocycles. The first-order valence-corrected chi connectivity index (χ1v) is 7.98. The summed E-state index contributed by atoms with van der Waals surface area (Å²) >= 11 is 0. The van der Waals surface area contributed by atoms with E-state index in [4.69, 9.17) is 0 Å². The lowest BCUT2D eigenvalue weighted by Gasteiger charge is -2.09. The molecule has 0 bridgehead atoms. The molecule has 0 atom stereocenters. The number of fused-ring (bicyclic) bond motifs is 1. The Bertz CT molecular complexity index is 562. The Hall–Kier alpha value is -1.84. The standard InChI is InChI=1S/C17H25N3O/c1-2-3-4-5-6-9-12-20-16-11-8-7-10-15(16)19-17(20)13-18-14-21/h7-8,10-11,14H,2-6,9,12-13H2,1H3,(H,18,21). The molecule has 1 heterocycles. The molecular weight excluding hydrogens is 262 g/mol. The fraction of sp³-hybridized carbons (Fsp3) is 0.529. The number of carbonyl (C=O) groups excluding carboxylic acids is 1. The van der Waals surface area contributed by atoms with Crippen LogP contribution in [0, 0.1) is 0 Å². The molecule has 2 aromatic rings. The van der Waals surface area contributed by atoms with Gasteiger partial charge >= 0.3 is 0 Å². The maximum absolute atomic E-state index is 10.5. The monoisotopic (exact) mass is 287 g/mol. The lowest BCUT2D eigenvalue weighted by Crippen LogP contribution is -2.15. The predicted octanol–water partition coefficient (Wildman–Crippen LogP) is 3.64. The molecule has 0 spiro atoms. The van der Waals surface area contributed by atoms with Crippen LogP contribution in [0.25, 0.3) is 11.0 Å². The molecule has 2 rings (SSSR count). The van der Waals surface area contributed by atoms with Crippen molar-refractivity contribution in [1.82, 2.24) is 14.9 Å². The number of aromatic nitrogens is 2. The Morgan fingerprint density at radius 2 is 1.90 bits per heavy atom. The van der Waals surface area contributed by atoms with Gasteiger partial charge in [-0.05, 0) is 18.6 Å². The minimum absolute atomic E-state index is 0.494. The fourth-order valence-corrected chi connectivity index (χ4v) is 2.69. The Labute approximate surface area is 126 Å². The van der Waals surface area contributed by atoms with Gasteiger partial charge in [-0.3, -0.25) is 4.79 Å². The first kappa shape index (κ1) is 15.5. The molecule has 0 aliphatic heterocycles. The summed E-state index contributed by atoms with van der Waals surface area (Å²) in [5.41, 5.74) is 2.17. The van der Waals surface area contributed by atoms with Crippen LogP contribution in [0.5, 0.6) is 0 Å². The van der Waals surface area contributed by atoms with Crippen molar-refractivity contribution in [3.05, 3.63) is 30.1 Å². The van der Waals surface area contributed by atoms with Crippen LogP contribution in [-0.4, -0.2) is 16.0 Å². The van der Waals surface area contributed by atoms with Crippen LogP contribution in [0.4, 0.5) is 0 Å². The van der Waals surface area contributed by atoms with Crippen molar-refractivity contribution < 1.29 is 4.79 Å². The molecule has 0 aliphatic rings. The third-order valence-corrected chi connectivity index (χ3v) is 3.81. The Morgan fingerprint density at radius 3 is 2.71 bits per heavy atom. The number of benzene rings is 1. The molecular formula is C17H25N3O. The Balaban J connectivity index is 2.00. The number of nitrogens with zero attached hydrogens (tertiary/aromatic N) is 2. The number of rotatable bonds is 10. The number of nitrogens with one attached hydrogen (secondary N) is 1. The summed E-state index contributed by atoms with van der Waals surface area (Å²) in [5, 5.41) is 2.72. The SMILES string of the molecule is CCCCCCCCn1c(CNC=O)nc2ccccc21. The number of aryl methyl sites for hydroxylation is 1. The zero-order chi connectivity index (χ0) is 14.9. The van der Waals surface area contributed by atoms with E-state index < -0.39 is 0 Å². The number of hydrogen-bond acceptors (Lipinski definition) is 2. The van der Waals surface area contributed by atoms with Gasteiger partial charge in [0.2, 0.25) is 6.41 Å². The summed E-state index contributed by atoms with van der Waals surface area (Å²) in [6.45, 7) is 3.71. The molecule has 4 heteroatoms. The van der Waals surface area contributed by atoms with Crippen molar-refractivity contribution in [3.63, 3.8) is 0 Å². The van der Waals surface area contributed by atoms with Crippen LogP contribution in [0.1, 0.15) is 51.3 Å². The molecule has 1 aromatic carbocycles. The van der Waals surface area contributed by atoms with Gasteiger partial charge in [0.1, 0.15) is 5.82 Å². The quantitative estimate of drug-likeness (QED) is 0.535. The summed E-state index contributed by atoms with van der Waals surface area (Å²) in [6, 6.07) is 8.17. The van der Waals surface area contributed by atoms with Gasteiger partial charge in [-0.1, -0.05) is 51.2 Å². The molecule has 0 fully saturated rings. The lowest BCUT2D eigenvalue weighted by atomic mass is 10.1. The van der Waals surface area contributed by atoms with E-state index in [2.05, 4.69) is 27.9 Å². The van der Waals surface area contributed by atoms with Gasteiger partial charge in [-0.15, -0.1) is 0 Å². The van der Waals surface area contributed by atoms with Crippen molar-refractivity contribution in [2.75, 3.05) is 0 Å². The Morgan fingerprint density at radius 1 is 1.14 bits per heavy atom. The molecule has 1 N–H and O–H groups in total. The maximum atomic E-state index is 10.5. The maximum Gasteiger partial charge on any atom is 0.207 e. The molecule has 0 aliphatic carbocycles. The number of imidazole rings is 1. The van der Waals surface area contributed by atoms with Crippen molar-refractivity contribution in [2.45, 2.75) is 58.5 Å². The van der Waals surface area contributed by atoms with Crippen LogP contribution >= 0.6 is 0 Å². The van der Waals surface area contributed by atoms with E-state index in [1.165, 1.54) is 32.1 Å². The topological polar surface area (TPSA) is 46.9 Å². The van der Waals surface area contributed by atoms with Crippen LogP contribution in [0.2, 0.25) is 0 Å². The van der Waals surface area contributed by atoms with Gasteiger partial charge < -0.3 is 9.88 Å². The second-order valence-electron chi connectivity index (χ2n) is 5.43. The minimum atomic E-state index is 0.494. The average Bonchev–Trinajstić information content (AvgIpc) is 2.86. The van der Waals surface area contributed by atoms with Gasteiger partial charge in [0, 0.05) is 6.54 Å². The first-order valence-electron chi connectivity index (χ1n) is 7.98. The number of hydrogen-bond donors (Lipinski definition) is 1. The summed E-state index contributed by atoms with van der Waals surface area (Å²) in [6.07, 6.45) is 8.42.